The third-order valence-corrected chi connectivity index (χ3v) is 3.96. The molecular weight excluding hydrogens is 264 g/mol. The summed E-state index contributed by atoms with van der Waals surface area (Å²) in [6.07, 6.45) is 2.09. The molecule has 0 spiro atoms. The highest BCUT2D eigenvalue weighted by molar-refractivity contribution is 5.77. The Balaban J connectivity index is 1.88. The zero-order valence-electron chi connectivity index (χ0n) is 13.1. The van der Waals surface area contributed by atoms with Crippen molar-refractivity contribution in [1.29, 1.82) is 0 Å². The van der Waals surface area contributed by atoms with E-state index in [9.17, 15) is 4.79 Å². The first-order valence-electron chi connectivity index (χ1n) is 7.69. The molecule has 1 saturated heterocycles. The van der Waals surface area contributed by atoms with Gasteiger partial charge in [0.2, 0.25) is 5.91 Å². The predicted octanol–water partition coefficient (Wildman–Crippen LogP) is 1.66. The van der Waals surface area contributed by atoms with Crippen molar-refractivity contribution in [1.82, 2.24) is 9.80 Å². The number of amides is 1. The number of rotatable bonds is 7. The second-order valence-electron chi connectivity index (χ2n) is 5.99. The van der Waals surface area contributed by atoms with E-state index in [1.54, 1.807) is 4.90 Å². The molecule has 1 heterocycles. The molecule has 0 saturated carbocycles. The summed E-state index contributed by atoms with van der Waals surface area (Å²) in [4.78, 5) is 15.9. The lowest BCUT2D eigenvalue weighted by Gasteiger charge is -2.25. The van der Waals surface area contributed by atoms with Crippen LogP contribution in [0.2, 0.25) is 0 Å². The van der Waals surface area contributed by atoms with Crippen molar-refractivity contribution in [2.75, 3.05) is 46.9 Å². The molecule has 1 aliphatic heterocycles. The molecule has 0 N–H and O–H groups in total. The molecule has 1 unspecified atom stereocenters. The van der Waals surface area contributed by atoms with Gasteiger partial charge >= 0.3 is 0 Å². The van der Waals surface area contributed by atoms with Gasteiger partial charge < -0.3 is 9.64 Å². The Hall–Kier alpha value is -1.39. The third-order valence-electron chi connectivity index (χ3n) is 3.96. The van der Waals surface area contributed by atoms with Crippen LogP contribution in [-0.4, -0.2) is 62.7 Å². The quantitative estimate of drug-likeness (QED) is 0.765. The van der Waals surface area contributed by atoms with E-state index >= 15 is 0 Å². The SMILES string of the molecule is CN(C)C(=O)CN(CCc1ccccc1)CC1CCOC1. The summed E-state index contributed by atoms with van der Waals surface area (Å²) in [6, 6.07) is 10.5. The zero-order valence-corrected chi connectivity index (χ0v) is 13.1. The molecule has 0 aromatic heterocycles. The number of hydrogen-bond acceptors (Lipinski definition) is 3. The lowest BCUT2D eigenvalue weighted by molar-refractivity contribution is -0.130. The van der Waals surface area contributed by atoms with E-state index in [-0.39, 0.29) is 5.91 Å². The van der Waals surface area contributed by atoms with Gasteiger partial charge in [-0.2, -0.15) is 0 Å². The fourth-order valence-corrected chi connectivity index (χ4v) is 2.59. The molecule has 21 heavy (non-hydrogen) atoms. The first-order chi connectivity index (χ1) is 10.1. The van der Waals surface area contributed by atoms with Gasteiger partial charge in [-0.05, 0) is 24.3 Å². The standard InChI is InChI=1S/C17H26N2O2/c1-18(2)17(20)13-19(12-16-9-11-21-14-16)10-8-15-6-4-3-5-7-15/h3-7,16H,8-14H2,1-2H3. The van der Waals surface area contributed by atoms with Crippen molar-refractivity contribution in [3.05, 3.63) is 35.9 Å². The Labute approximate surface area is 127 Å². The van der Waals surface area contributed by atoms with E-state index in [2.05, 4.69) is 29.2 Å². The van der Waals surface area contributed by atoms with Gasteiger partial charge in [0.1, 0.15) is 0 Å². The first-order valence-corrected chi connectivity index (χ1v) is 7.69. The predicted molar refractivity (Wildman–Crippen MR) is 84.2 cm³/mol. The van der Waals surface area contributed by atoms with Gasteiger partial charge in [-0.3, -0.25) is 9.69 Å². The molecule has 2 rings (SSSR count). The maximum Gasteiger partial charge on any atom is 0.236 e. The molecular formula is C17H26N2O2. The van der Waals surface area contributed by atoms with E-state index < -0.39 is 0 Å². The van der Waals surface area contributed by atoms with E-state index in [1.807, 2.05) is 20.2 Å². The molecule has 4 nitrogen and oxygen atoms in total. The summed E-state index contributed by atoms with van der Waals surface area (Å²) in [5, 5.41) is 0. The van der Waals surface area contributed by atoms with Crippen LogP contribution in [0.4, 0.5) is 0 Å². The third kappa shape index (κ3) is 5.48. The van der Waals surface area contributed by atoms with E-state index in [1.165, 1.54) is 5.56 Å². The van der Waals surface area contributed by atoms with Gasteiger partial charge in [0, 0.05) is 33.8 Å². The van der Waals surface area contributed by atoms with E-state index in [0.717, 1.165) is 39.1 Å². The number of carbonyl (C=O) groups excluding carboxylic acids is 1. The highest BCUT2D eigenvalue weighted by atomic mass is 16.5. The lowest BCUT2D eigenvalue weighted by Crippen LogP contribution is -2.40. The lowest BCUT2D eigenvalue weighted by atomic mass is 10.1. The van der Waals surface area contributed by atoms with Crippen molar-refractivity contribution in [3.8, 4) is 0 Å². The van der Waals surface area contributed by atoms with Crippen LogP contribution in [0.1, 0.15) is 12.0 Å². The highest BCUT2D eigenvalue weighted by Gasteiger charge is 2.21. The van der Waals surface area contributed by atoms with Gasteiger partial charge in [-0.1, -0.05) is 30.3 Å². The summed E-state index contributed by atoms with van der Waals surface area (Å²) < 4.78 is 5.45. The van der Waals surface area contributed by atoms with Crippen molar-refractivity contribution in [2.45, 2.75) is 12.8 Å². The largest absolute Gasteiger partial charge is 0.381 e. The van der Waals surface area contributed by atoms with E-state index in [0.29, 0.717) is 12.5 Å². The smallest absolute Gasteiger partial charge is 0.236 e. The minimum absolute atomic E-state index is 0.168. The van der Waals surface area contributed by atoms with E-state index in [4.69, 9.17) is 4.74 Å². The summed E-state index contributed by atoms with van der Waals surface area (Å²) in [5.41, 5.74) is 1.32. The van der Waals surface area contributed by atoms with Crippen LogP contribution >= 0.6 is 0 Å². The van der Waals surface area contributed by atoms with Gasteiger partial charge in [0.05, 0.1) is 13.2 Å². The second kappa shape index (κ2) is 8.15. The van der Waals surface area contributed by atoms with Gasteiger partial charge in [0.15, 0.2) is 0 Å². The van der Waals surface area contributed by atoms with Gasteiger partial charge in [0.25, 0.3) is 0 Å². The summed E-state index contributed by atoms with van der Waals surface area (Å²) in [6.45, 7) is 4.06. The number of hydrogen-bond donors (Lipinski definition) is 0. The number of benzene rings is 1. The molecule has 1 atom stereocenters. The zero-order chi connectivity index (χ0) is 15.1. The molecule has 1 amide bonds. The van der Waals surface area contributed by atoms with Crippen LogP contribution in [-0.2, 0) is 16.0 Å². The van der Waals surface area contributed by atoms with Crippen molar-refractivity contribution in [2.24, 2.45) is 5.92 Å². The van der Waals surface area contributed by atoms with Crippen LogP contribution in [0.5, 0.6) is 0 Å². The van der Waals surface area contributed by atoms with Gasteiger partial charge in [-0.15, -0.1) is 0 Å². The fraction of sp³-hybridized carbons (Fsp3) is 0.588. The summed E-state index contributed by atoms with van der Waals surface area (Å²) in [5.74, 6) is 0.734. The fourth-order valence-electron chi connectivity index (χ4n) is 2.59. The summed E-state index contributed by atoms with van der Waals surface area (Å²) in [7, 11) is 3.63. The second-order valence-corrected chi connectivity index (χ2v) is 5.99. The summed E-state index contributed by atoms with van der Waals surface area (Å²) >= 11 is 0. The first kappa shape index (κ1) is 16.0. The molecule has 1 aromatic carbocycles. The van der Waals surface area contributed by atoms with Crippen molar-refractivity contribution < 1.29 is 9.53 Å². The Kier molecular flexibility index (Phi) is 6.21. The maximum absolute atomic E-state index is 12.0. The molecule has 1 aromatic rings. The molecule has 1 fully saturated rings. The average molecular weight is 290 g/mol. The highest BCUT2D eigenvalue weighted by Crippen LogP contribution is 2.14. The number of nitrogens with zero attached hydrogens (tertiary/aromatic N) is 2. The average Bonchev–Trinajstić information content (AvgIpc) is 2.98. The Morgan fingerprint density at radius 2 is 2.05 bits per heavy atom. The van der Waals surface area contributed by atoms with Crippen LogP contribution < -0.4 is 0 Å². The molecule has 0 aliphatic carbocycles. The van der Waals surface area contributed by atoms with Crippen LogP contribution in [0.15, 0.2) is 30.3 Å². The topological polar surface area (TPSA) is 32.8 Å². The Bertz CT molecular complexity index is 428. The monoisotopic (exact) mass is 290 g/mol. The number of likely N-dealkylation sites (N-methyl/N-ethyl adjacent to an activating group) is 1. The Morgan fingerprint density at radius 1 is 1.29 bits per heavy atom. The van der Waals surface area contributed by atoms with Crippen molar-refractivity contribution in [3.63, 3.8) is 0 Å². The molecule has 0 radical (unpaired) electrons. The number of ether oxygens (including phenoxy) is 1. The van der Waals surface area contributed by atoms with Crippen LogP contribution in [0, 0.1) is 5.92 Å². The van der Waals surface area contributed by atoms with Crippen molar-refractivity contribution >= 4 is 5.91 Å². The molecule has 116 valence electrons. The minimum Gasteiger partial charge on any atom is -0.381 e. The maximum atomic E-state index is 12.0. The number of carbonyl (C=O) groups is 1. The minimum atomic E-state index is 0.168. The van der Waals surface area contributed by atoms with Crippen LogP contribution in [0.3, 0.4) is 0 Å². The molecule has 4 heteroatoms. The molecule has 0 bridgehead atoms. The Morgan fingerprint density at radius 3 is 2.67 bits per heavy atom. The normalized spacial score (nSPS) is 18.1. The van der Waals surface area contributed by atoms with Gasteiger partial charge in [-0.25, -0.2) is 0 Å². The molecule has 1 aliphatic rings. The van der Waals surface area contributed by atoms with Crippen LogP contribution in [0.25, 0.3) is 0 Å².